The Kier molecular flexibility index (Phi) is 1.96. The molecule has 0 unspecified atom stereocenters. The molecule has 0 aliphatic heterocycles. The molecule has 0 saturated carbocycles. The molecule has 1 amide bonds. The number of halogens is 1. The van der Waals surface area contributed by atoms with Crippen LogP contribution in [0.25, 0.3) is 0 Å². The molecule has 0 bridgehead atoms. The molecule has 0 aliphatic rings. The summed E-state index contributed by atoms with van der Waals surface area (Å²) in [4.78, 5) is 14.2. The van der Waals surface area contributed by atoms with Gasteiger partial charge >= 0.3 is 0 Å². The Morgan fingerprint density at radius 1 is 1.64 bits per heavy atom. The maximum Gasteiger partial charge on any atom is 0.269 e. The van der Waals surface area contributed by atoms with Crippen molar-refractivity contribution in [2.24, 2.45) is 5.73 Å². The van der Waals surface area contributed by atoms with Crippen molar-refractivity contribution in [3.63, 3.8) is 0 Å². The van der Waals surface area contributed by atoms with Crippen molar-refractivity contribution in [1.82, 2.24) is 4.98 Å². The number of hydrogen-bond donors (Lipinski definition) is 2. The van der Waals surface area contributed by atoms with Gasteiger partial charge in [0, 0.05) is 6.20 Å². The van der Waals surface area contributed by atoms with E-state index in [0.29, 0.717) is 0 Å². The van der Waals surface area contributed by atoms with E-state index in [9.17, 15) is 4.79 Å². The van der Waals surface area contributed by atoms with Gasteiger partial charge in [0.05, 0.1) is 10.7 Å². The molecule has 4 nitrogen and oxygen atoms in total. The fourth-order valence-corrected chi connectivity index (χ4v) is 0.792. The van der Waals surface area contributed by atoms with Crippen molar-refractivity contribution in [1.29, 1.82) is 0 Å². The van der Waals surface area contributed by atoms with Gasteiger partial charge < -0.3 is 11.5 Å². The third-order valence-electron chi connectivity index (χ3n) is 1.17. The molecule has 0 aliphatic carbocycles. The highest BCUT2D eigenvalue weighted by Crippen LogP contribution is 2.19. The van der Waals surface area contributed by atoms with E-state index in [-0.39, 0.29) is 16.4 Å². The monoisotopic (exact) mass is 171 g/mol. The lowest BCUT2D eigenvalue weighted by Gasteiger charge is -2.00. The first-order valence-corrected chi connectivity index (χ1v) is 3.20. The van der Waals surface area contributed by atoms with Crippen LogP contribution >= 0.6 is 11.6 Å². The lowest BCUT2D eigenvalue weighted by atomic mass is 10.3. The molecule has 0 atom stereocenters. The first-order chi connectivity index (χ1) is 5.13. The topological polar surface area (TPSA) is 82.0 Å². The number of primary amides is 1. The number of aromatic nitrogens is 1. The number of nitrogens with two attached hydrogens (primary N) is 2. The highest BCUT2D eigenvalue weighted by Gasteiger charge is 2.08. The summed E-state index contributed by atoms with van der Waals surface area (Å²) in [6, 6.07) is 1.49. The van der Waals surface area contributed by atoms with Gasteiger partial charge in [0.1, 0.15) is 0 Å². The number of nitrogens with zero attached hydrogens (tertiary/aromatic N) is 1. The molecule has 0 aromatic carbocycles. The van der Waals surface area contributed by atoms with Gasteiger partial charge in [-0.2, -0.15) is 0 Å². The molecule has 1 aromatic rings. The summed E-state index contributed by atoms with van der Waals surface area (Å²) in [5.74, 6) is -0.676. The molecule has 4 N–H and O–H groups in total. The number of carbonyl (C=O) groups is 1. The van der Waals surface area contributed by atoms with E-state index in [1.807, 2.05) is 0 Å². The fraction of sp³-hybridized carbons (Fsp3) is 0. The Morgan fingerprint density at radius 2 is 2.27 bits per heavy atom. The molecule has 1 heterocycles. The summed E-state index contributed by atoms with van der Waals surface area (Å²) in [5, 5.41) is 0.286. The highest BCUT2D eigenvalue weighted by molar-refractivity contribution is 6.33. The van der Waals surface area contributed by atoms with Crippen LogP contribution in [0.2, 0.25) is 5.02 Å². The summed E-state index contributed by atoms with van der Waals surface area (Å²) >= 11 is 5.59. The molecule has 0 saturated heterocycles. The van der Waals surface area contributed by atoms with E-state index in [0.717, 1.165) is 0 Å². The van der Waals surface area contributed by atoms with Crippen molar-refractivity contribution in [3.8, 4) is 0 Å². The number of amides is 1. The van der Waals surface area contributed by atoms with Crippen LogP contribution in [0.1, 0.15) is 10.5 Å². The van der Waals surface area contributed by atoms with Crippen LogP contribution in [0.4, 0.5) is 5.69 Å². The Labute approximate surface area is 68.2 Å². The second-order valence-corrected chi connectivity index (χ2v) is 2.33. The minimum Gasteiger partial charge on any atom is -0.396 e. The Bertz CT molecular complexity index is 300. The lowest BCUT2D eigenvalue weighted by Crippen LogP contribution is -2.15. The van der Waals surface area contributed by atoms with Gasteiger partial charge in [0.15, 0.2) is 5.69 Å². The zero-order valence-corrected chi connectivity index (χ0v) is 6.30. The van der Waals surface area contributed by atoms with Crippen LogP contribution in [0.15, 0.2) is 12.3 Å². The Hall–Kier alpha value is -1.29. The largest absolute Gasteiger partial charge is 0.396 e. The molecular formula is C6H6ClN3O. The quantitative estimate of drug-likeness (QED) is 0.642. The summed E-state index contributed by atoms with van der Waals surface area (Å²) < 4.78 is 0. The van der Waals surface area contributed by atoms with Crippen LogP contribution in [-0.4, -0.2) is 10.9 Å². The second kappa shape index (κ2) is 2.75. The van der Waals surface area contributed by atoms with Gasteiger partial charge in [-0.1, -0.05) is 11.6 Å². The maximum absolute atomic E-state index is 10.6. The Morgan fingerprint density at radius 3 is 2.73 bits per heavy atom. The predicted molar refractivity (Wildman–Crippen MR) is 42.2 cm³/mol. The smallest absolute Gasteiger partial charge is 0.269 e. The van der Waals surface area contributed by atoms with Crippen LogP contribution in [0, 0.1) is 0 Å². The van der Waals surface area contributed by atoms with E-state index >= 15 is 0 Å². The van der Waals surface area contributed by atoms with Gasteiger partial charge in [-0.05, 0) is 6.07 Å². The van der Waals surface area contributed by atoms with Crippen LogP contribution in [-0.2, 0) is 0 Å². The number of anilines is 1. The zero-order chi connectivity index (χ0) is 8.43. The fourth-order valence-electron chi connectivity index (χ4n) is 0.646. The molecule has 0 spiro atoms. The van der Waals surface area contributed by atoms with E-state index in [1.165, 1.54) is 12.3 Å². The van der Waals surface area contributed by atoms with Crippen molar-refractivity contribution < 1.29 is 4.79 Å². The summed E-state index contributed by atoms with van der Waals surface area (Å²) in [6.07, 6.45) is 1.37. The van der Waals surface area contributed by atoms with Gasteiger partial charge in [-0.3, -0.25) is 4.79 Å². The zero-order valence-electron chi connectivity index (χ0n) is 5.54. The SMILES string of the molecule is NC(=O)c1nccc(Cl)c1N. The number of pyridine rings is 1. The van der Waals surface area contributed by atoms with Crippen molar-refractivity contribution >= 4 is 23.2 Å². The maximum atomic E-state index is 10.6. The van der Waals surface area contributed by atoms with Crippen molar-refractivity contribution in [2.45, 2.75) is 0 Å². The van der Waals surface area contributed by atoms with Gasteiger partial charge in [0.25, 0.3) is 5.91 Å². The average Bonchev–Trinajstić information content (AvgIpc) is 1.94. The minimum atomic E-state index is -0.676. The van der Waals surface area contributed by atoms with E-state index in [2.05, 4.69) is 4.98 Å². The molecular weight excluding hydrogens is 166 g/mol. The van der Waals surface area contributed by atoms with Crippen LogP contribution in [0.5, 0.6) is 0 Å². The number of carbonyl (C=O) groups excluding carboxylic acids is 1. The number of nitrogen functional groups attached to an aromatic ring is 1. The third-order valence-corrected chi connectivity index (χ3v) is 1.50. The average molecular weight is 172 g/mol. The third kappa shape index (κ3) is 1.40. The van der Waals surface area contributed by atoms with Gasteiger partial charge in [0.2, 0.25) is 0 Å². The molecule has 0 radical (unpaired) electrons. The van der Waals surface area contributed by atoms with E-state index in [1.54, 1.807) is 0 Å². The molecule has 0 fully saturated rings. The molecule has 1 rings (SSSR count). The summed E-state index contributed by atoms with van der Waals surface area (Å²) in [5.41, 5.74) is 10.5. The van der Waals surface area contributed by atoms with Crippen LogP contribution in [0.3, 0.4) is 0 Å². The van der Waals surface area contributed by atoms with Gasteiger partial charge in [-0.15, -0.1) is 0 Å². The van der Waals surface area contributed by atoms with Crippen LogP contribution < -0.4 is 11.5 Å². The highest BCUT2D eigenvalue weighted by atomic mass is 35.5. The van der Waals surface area contributed by atoms with Crippen molar-refractivity contribution in [2.75, 3.05) is 5.73 Å². The number of hydrogen-bond acceptors (Lipinski definition) is 3. The molecule has 11 heavy (non-hydrogen) atoms. The molecule has 58 valence electrons. The summed E-state index contributed by atoms with van der Waals surface area (Å²) in [6.45, 7) is 0. The standard InChI is InChI=1S/C6H6ClN3O/c7-3-1-2-10-5(4(3)8)6(9)11/h1-2H,8H2,(H2,9,11). The lowest BCUT2D eigenvalue weighted by molar-refractivity contribution is 0.0996. The first-order valence-electron chi connectivity index (χ1n) is 2.82. The van der Waals surface area contributed by atoms with Gasteiger partial charge in [-0.25, -0.2) is 4.98 Å². The predicted octanol–water partition coefficient (Wildman–Crippen LogP) is 0.416. The molecule has 1 aromatic heterocycles. The van der Waals surface area contributed by atoms with Crippen molar-refractivity contribution in [3.05, 3.63) is 23.0 Å². The van der Waals surface area contributed by atoms with E-state index < -0.39 is 5.91 Å². The minimum absolute atomic E-state index is 0.0116. The Balaban J connectivity index is 3.27. The first kappa shape index (κ1) is 7.81. The normalized spacial score (nSPS) is 9.55. The van der Waals surface area contributed by atoms with E-state index in [4.69, 9.17) is 23.1 Å². The summed E-state index contributed by atoms with van der Waals surface area (Å²) in [7, 11) is 0. The second-order valence-electron chi connectivity index (χ2n) is 1.92. The molecule has 5 heteroatoms. The number of rotatable bonds is 1.